The van der Waals surface area contributed by atoms with E-state index in [1.165, 1.54) is 0 Å². The number of piperazine rings is 1. The molecule has 1 saturated heterocycles. The van der Waals surface area contributed by atoms with Crippen LogP contribution in [-0.2, 0) is 4.79 Å². The SMILES string of the molecule is Cc1ccc(OCC(=O)N2CCN(C(=O)c3ccc(C)cc3)CC2)cc1. The monoisotopic (exact) mass is 352 g/mol. The van der Waals surface area contributed by atoms with Crippen LogP contribution in [0.1, 0.15) is 21.5 Å². The smallest absolute Gasteiger partial charge is 0.260 e. The van der Waals surface area contributed by atoms with Crippen molar-refractivity contribution in [1.29, 1.82) is 0 Å². The van der Waals surface area contributed by atoms with Crippen molar-refractivity contribution in [2.45, 2.75) is 13.8 Å². The highest BCUT2D eigenvalue weighted by atomic mass is 16.5. The molecule has 0 N–H and O–H groups in total. The lowest BCUT2D eigenvalue weighted by Crippen LogP contribution is -2.51. The van der Waals surface area contributed by atoms with Gasteiger partial charge in [0.05, 0.1) is 0 Å². The molecule has 0 atom stereocenters. The second-order valence-electron chi connectivity index (χ2n) is 6.64. The van der Waals surface area contributed by atoms with Crippen molar-refractivity contribution < 1.29 is 14.3 Å². The largest absolute Gasteiger partial charge is 0.484 e. The summed E-state index contributed by atoms with van der Waals surface area (Å²) in [7, 11) is 0. The molecule has 0 aromatic heterocycles. The van der Waals surface area contributed by atoms with Crippen molar-refractivity contribution in [3.8, 4) is 5.75 Å². The van der Waals surface area contributed by atoms with Crippen molar-refractivity contribution >= 4 is 11.8 Å². The van der Waals surface area contributed by atoms with E-state index < -0.39 is 0 Å². The molecule has 0 bridgehead atoms. The quantitative estimate of drug-likeness (QED) is 0.850. The maximum absolute atomic E-state index is 12.5. The van der Waals surface area contributed by atoms with Crippen LogP contribution >= 0.6 is 0 Å². The Bertz CT molecular complexity index is 761. The van der Waals surface area contributed by atoms with Crippen LogP contribution in [0.25, 0.3) is 0 Å². The summed E-state index contributed by atoms with van der Waals surface area (Å²) in [5.74, 6) is 0.665. The zero-order valence-electron chi connectivity index (χ0n) is 15.3. The van der Waals surface area contributed by atoms with Crippen molar-refractivity contribution in [2.24, 2.45) is 0 Å². The summed E-state index contributed by atoms with van der Waals surface area (Å²) in [5, 5.41) is 0. The fraction of sp³-hybridized carbons (Fsp3) is 0.333. The molecule has 2 aromatic rings. The van der Waals surface area contributed by atoms with Gasteiger partial charge >= 0.3 is 0 Å². The molecule has 136 valence electrons. The van der Waals surface area contributed by atoms with E-state index in [4.69, 9.17) is 4.74 Å². The number of rotatable bonds is 4. The van der Waals surface area contributed by atoms with Gasteiger partial charge in [-0.1, -0.05) is 35.4 Å². The number of benzene rings is 2. The summed E-state index contributed by atoms with van der Waals surface area (Å²) in [6, 6.07) is 15.2. The molecular weight excluding hydrogens is 328 g/mol. The second kappa shape index (κ2) is 8.04. The van der Waals surface area contributed by atoms with Gasteiger partial charge < -0.3 is 14.5 Å². The first-order valence-electron chi connectivity index (χ1n) is 8.86. The van der Waals surface area contributed by atoms with Crippen LogP contribution in [0.3, 0.4) is 0 Å². The summed E-state index contributed by atoms with van der Waals surface area (Å²) >= 11 is 0. The van der Waals surface area contributed by atoms with E-state index in [1.54, 1.807) is 9.80 Å². The van der Waals surface area contributed by atoms with Crippen LogP contribution in [0, 0.1) is 13.8 Å². The lowest BCUT2D eigenvalue weighted by atomic mass is 10.1. The molecule has 0 saturated carbocycles. The van der Waals surface area contributed by atoms with E-state index in [1.807, 2.05) is 62.4 Å². The first-order chi connectivity index (χ1) is 12.5. The van der Waals surface area contributed by atoms with Gasteiger partial charge in [-0.25, -0.2) is 0 Å². The van der Waals surface area contributed by atoms with Gasteiger partial charge in [0.1, 0.15) is 5.75 Å². The molecule has 5 nitrogen and oxygen atoms in total. The van der Waals surface area contributed by atoms with E-state index in [-0.39, 0.29) is 18.4 Å². The molecule has 1 aliphatic heterocycles. The Morgan fingerprint density at radius 3 is 1.88 bits per heavy atom. The van der Waals surface area contributed by atoms with Gasteiger partial charge in [-0.15, -0.1) is 0 Å². The van der Waals surface area contributed by atoms with Crippen LogP contribution < -0.4 is 4.74 Å². The Hall–Kier alpha value is -2.82. The molecule has 5 heteroatoms. The zero-order valence-corrected chi connectivity index (χ0v) is 15.3. The predicted octanol–water partition coefficient (Wildman–Crippen LogP) is 2.67. The molecule has 1 fully saturated rings. The third-order valence-corrected chi connectivity index (χ3v) is 4.60. The van der Waals surface area contributed by atoms with Gasteiger partial charge in [-0.2, -0.15) is 0 Å². The van der Waals surface area contributed by atoms with Crippen LogP contribution in [0.2, 0.25) is 0 Å². The number of hydrogen-bond acceptors (Lipinski definition) is 3. The number of amides is 2. The summed E-state index contributed by atoms with van der Waals surface area (Å²) in [6.45, 7) is 6.19. The van der Waals surface area contributed by atoms with Crippen LogP contribution in [0.4, 0.5) is 0 Å². The van der Waals surface area contributed by atoms with Gasteiger partial charge in [0.2, 0.25) is 0 Å². The average Bonchev–Trinajstić information content (AvgIpc) is 2.67. The van der Waals surface area contributed by atoms with Crippen molar-refractivity contribution in [3.63, 3.8) is 0 Å². The number of carbonyl (C=O) groups is 2. The topological polar surface area (TPSA) is 49.9 Å². The first kappa shape index (κ1) is 18.0. The Balaban J connectivity index is 1.48. The van der Waals surface area contributed by atoms with Crippen LogP contribution in [0.15, 0.2) is 48.5 Å². The Morgan fingerprint density at radius 1 is 0.808 bits per heavy atom. The normalized spacial score (nSPS) is 14.2. The maximum Gasteiger partial charge on any atom is 0.260 e. The highest BCUT2D eigenvalue weighted by molar-refractivity contribution is 5.94. The summed E-state index contributed by atoms with van der Waals surface area (Å²) in [5.41, 5.74) is 2.97. The Morgan fingerprint density at radius 2 is 1.31 bits per heavy atom. The Labute approximate surface area is 154 Å². The predicted molar refractivity (Wildman–Crippen MR) is 100 cm³/mol. The molecule has 1 aliphatic rings. The molecule has 1 heterocycles. The minimum absolute atomic E-state index is 0.0213. The lowest BCUT2D eigenvalue weighted by Gasteiger charge is -2.34. The molecule has 0 radical (unpaired) electrons. The molecule has 2 aromatic carbocycles. The van der Waals surface area contributed by atoms with E-state index in [2.05, 4.69) is 0 Å². The van der Waals surface area contributed by atoms with Gasteiger partial charge in [-0.05, 0) is 38.1 Å². The molecule has 0 aliphatic carbocycles. The molecular formula is C21H24N2O3. The minimum Gasteiger partial charge on any atom is -0.484 e. The van der Waals surface area contributed by atoms with Gasteiger partial charge in [-0.3, -0.25) is 9.59 Å². The highest BCUT2D eigenvalue weighted by Gasteiger charge is 2.25. The van der Waals surface area contributed by atoms with E-state index in [0.29, 0.717) is 37.5 Å². The fourth-order valence-corrected chi connectivity index (χ4v) is 2.91. The van der Waals surface area contributed by atoms with Crippen molar-refractivity contribution in [1.82, 2.24) is 9.80 Å². The number of hydrogen-bond donors (Lipinski definition) is 0. The maximum atomic E-state index is 12.5. The molecule has 0 spiro atoms. The Kier molecular flexibility index (Phi) is 5.56. The number of aryl methyl sites for hydroxylation is 2. The van der Waals surface area contributed by atoms with Crippen molar-refractivity contribution in [2.75, 3.05) is 32.8 Å². The van der Waals surface area contributed by atoms with Crippen LogP contribution in [-0.4, -0.2) is 54.4 Å². The van der Waals surface area contributed by atoms with Gasteiger partial charge in [0.25, 0.3) is 11.8 Å². The summed E-state index contributed by atoms with van der Waals surface area (Å²) in [6.07, 6.45) is 0. The minimum atomic E-state index is -0.0481. The molecule has 2 amide bonds. The van der Waals surface area contributed by atoms with Gasteiger partial charge in [0.15, 0.2) is 6.61 Å². The third kappa shape index (κ3) is 4.42. The van der Waals surface area contributed by atoms with E-state index in [0.717, 1.165) is 11.1 Å². The molecule has 3 rings (SSSR count). The molecule has 0 unspecified atom stereocenters. The lowest BCUT2D eigenvalue weighted by molar-refractivity contribution is -0.134. The highest BCUT2D eigenvalue weighted by Crippen LogP contribution is 2.13. The van der Waals surface area contributed by atoms with Crippen molar-refractivity contribution in [3.05, 3.63) is 65.2 Å². The van der Waals surface area contributed by atoms with Gasteiger partial charge in [0, 0.05) is 31.7 Å². The first-order valence-corrected chi connectivity index (χ1v) is 8.86. The third-order valence-electron chi connectivity index (χ3n) is 4.60. The fourth-order valence-electron chi connectivity index (χ4n) is 2.91. The van der Waals surface area contributed by atoms with E-state index >= 15 is 0 Å². The standard InChI is InChI=1S/C21H24N2O3/c1-16-3-7-18(8-4-16)21(25)23-13-11-22(12-14-23)20(24)15-26-19-9-5-17(2)6-10-19/h3-10H,11-15H2,1-2H3. The molecule has 26 heavy (non-hydrogen) atoms. The second-order valence-corrected chi connectivity index (χ2v) is 6.64. The summed E-state index contributed by atoms with van der Waals surface area (Å²) in [4.78, 5) is 28.4. The average molecular weight is 352 g/mol. The number of carbonyl (C=O) groups excluding carboxylic acids is 2. The number of nitrogens with zero attached hydrogens (tertiary/aromatic N) is 2. The van der Waals surface area contributed by atoms with Crippen LogP contribution in [0.5, 0.6) is 5.75 Å². The van der Waals surface area contributed by atoms with E-state index in [9.17, 15) is 9.59 Å². The zero-order chi connectivity index (χ0) is 18.5. The number of ether oxygens (including phenoxy) is 1. The summed E-state index contributed by atoms with van der Waals surface area (Å²) < 4.78 is 5.56.